The van der Waals surface area contributed by atoms with E-state index in [1.807, 2.05) is 11.8 Å². The first kappa shape index (κ1) is 15.4. The Bertz CT molecular complexity index is 547. The number of hydrogen-bond acceptors (Lipinski definition) is 6. The van der Waals surface area contributed by atoms with Crippen molar-refractivity contribution in [1.29, 1.82) is 0 Å². The fourth-order valence-electron chi connectivity index (χ4n) is 3.47. The second-order valence-corrected chi connectivity index (χ2v) is 6.81. The highest BCUT2D eigenvalue weighted by atomic mass is 16.6. The topological polar surface area (TPSA) is 88.7 Å². The first-order valence-electron chi connectivity index (χ1n) is 7.81. The van der Waals surface area contributed by atoms with Gasteiger partial charge >= 0.3 is 0 Å². The van der Waals surface area contributed by atoms with Crippen LogP contribution in [0.1, 0.15) is 44.0 Å². The molecule has 3 heterocycles. The van der Waals surface area contributed by atoms with Crippen molar-refractivity contribution in [3.8, 4) is 0 Å². The van der Waals surface area contributed by atoms with Crippen molar-refractivity contribution >= 4 is 5.91 Å². The van der Waals surface area contributed by atoms with Gasteiger partial charge in [-0.25, -0.2) is 4.63 Å². The van der Waals surface area contributed by atoms with Crippen LogP contribution in [0.5, 0.6) is 0 Å². The largest absolute Gasteiger partial charge is 0.390 e. The van der Waals surface area contributed by atoms with Gasteiger partial charge in [-0.05, 0) is 33.1 Å². The molecule has 1 aromatic rings. The van der Waals surface area contributed by atoms with Gasteiger partial charge in [0.25, 0.3) is 0 Å². The number of rotatable bonds is 2. The zero-order valence-electron chi connectivity index (χ0n) is 13.2. The number of aryl methyl sites for hydroxylation is 1. The maximum absolute atomic E-state index is 12.3. The summed E-state index contributed by atoms with van der Waals surface area (Å²) in [5, 5.41) is 17.7. The molecule has 7 nitrogen and oxygen atoms in total. The minimum atomic E-state index is -0.659. The van der Waals surface area contributed by atoms with Gasteiger partial charge in [-0.15, -0.1) is 0 Å². The lowest BCUT2D eigenvalue weighted by atomic mass is 9.78. The Morgan fingerprint density at radius 3 is 2.64 bits per heavy atom. The third-order valence-electron chi connectivity index (χ3n) is 4.84. The summed E-state index contributed by atoms with van der Waals surface area (Å²) in [5.41, 5.74) is 0.327. The number of hydrogen-bond donors (Lipinski definition) is 1. The summed E-state index contributed by atoms with van der Waals surface area (Å²) in [6.07, 6.45) is 3.08. The van der Waals surface area contributed by atoms with Crippen molar-refractivity contribution < 1.29 is 19.3 Å². The summed E-state index contributed by atoms with van der Waals surface area (Å²) < 4.78 is 10.6. The molecule has 0 aliphatic carbocycles. The van der Waals surface area contributed by atoms with Crippen molar-refractivity contribution in [2.45, 2.75) is 57.2 Å². The average molecular weight is 309 g/mol. The van der Waals surface area contributed by atoms with Crippen molar-refractivity contribution in [3.63, 3.8) is 0 Å². The fraction of sp³-hybridized carbons (Fsp3) is 0.800. The molecule has 0 bridgehead atoms. The van der Waals surface area contributed by atoms with Crippen LogP contribution in [-0.2, 0) is 16.0 Å². The Labute approximate surface area is 129 Å². The molecule has 1 N–H and O–H groups in total. The normalized spacial score (nSPS) is 28.0. The molecule has 122 valence electrons. The van der Waals surface area contributed by atoms with Gasteiger partial charge in [0.15, 0.2) is 0 Å². The van der Waals surface area contributed by atoms with E-state index < -0.39 is 5.60 Å². The van der Waals surface area contributed by atoms with Crippen LogP contribution in [0.4, 0.5) is 0 Å². The van der Waals surface area contributed by atoms with Crippen LogP contribution in [0.25, 0.3) is 0 Å². The molecule has 2 aliphatic heterocycles. The first-order chi connectivity index (χ1) is 10.4. The Morgan fingerprint density at radius 1 is 1.32 bits per heavy atom. The van der Waals surface area contributed by atoms with E-state index in [1.54, 1.807) is 6.92 Å². The van der Waals surface area contributed by atoms with Crippen LogP contribution < -0.4 is 0 Å². The van der Waals surface area contributed by atoms with E-state index in [9.17, 15) is 9.90 Å². The predicted octanol–water partition coefficient (Wildman–Crippen LogP) is 0.843. The number of ether oxygens (including phenoxy) is 1. The summed E-state index contributed by atoms with van der Waals surface area (Å²) >= 11 is 0. The highest BCUT2D eigenvalue weighted by molar-refractivity contribution is 5.78. The zero-order valence-corrected chi connectivity index (χ0v) is 13.2. The van der Waals surface area contributed by atoms with Crippen molar-refractivity contribution in [2.75, 3.05) is 19.7 Å². The van der Waals surface area contributed by atoms with E-state index in [0.29, 0.717) is 43.9 Å². The molecule has 0 aromatic carbocycles. The van der Waals surface area contributed by atoms with Gasteiger partial charge in [-0.1, -0.05) is 10.3 Å². The molecular weight excluding hydrogens is 286 g/mol. The van der Waals surface area contributed by atoms with Crippen LogP contribution in [0, 0.1) is 6.92 Å². The SMILES string of the molecule is Cc1nonc1CC(=O)N1CCC2(CC1)CC(C)(O)CCO2. The minimum Gasteiger partial charge on any atom is -0.390 e. The molecule has 1 atom stereocenters. The van der Waals surface area contributed by atoms with Gasteiger partial charge in [0, 0.05) is 19.5 Å². The monoisotopic (exact) mass is 309 g/mol. The number of amides is 1. The lowest BCUT2D eigenvalue weighted by Crippen LogP contribution is -2.54. The van der Waals surface area contributed by atoms with E-state index in [-0.39, 0.29) is 17.9 Å². The summed E-state index contributed by atoms with van der Waals surface area (Å²) in [4.78, 5) is 14.2. The van der Waals surface area contributed by atoms with E-state index in [0.717, 1.165) is 12.8 Å². The number of carbonyl (C=O) groups is 1. The minimum absolute atomic E-state index is 0.0382. The molecule has 22 heavy (non-hydrogen) atoms. The van der Waals surface area contributed by atoms with Gasteiger partial charge in [0.2, 0.25) is 5.91 Å². The van der Waals surface area contributed by atoms with Crippen LogP contribution >= 0.6 is 0 Å². The Morgan fingerprint density at radius 2 is 2.05 bits per heavy atom. The van der Waals surface area contributed by atoms with Gasteiger partial charge in [-0.2, -0.15) is 0 Å². The first-order valence-corrected chi connectivity index (χ1v) is 7.81. The maximum atomic E-state index is 12.3. The lowest BCUT2D eigenvalue weighted by Gasteiger charge is -2.48. The Hall–Kier alpha value is -1.47. The molecule has 2 fully saturated rings. The standard InChI is InChI=1S/C15H23N3O4/c1-11-12(17-22-16-11)9-13(19)18-6-3-15(4-7-18)10-14(2,20)5-8-21-15/h20H,3-10H2,1-2H3. The molecule has 1 amide bonds. The highest BCUT2D eigenvalue weighted by Crippen LogP contribution is 2.39. The number of likely N-dealkylation sites (tertiary alicyclic amines) is 1. The van der Waals surface area contributed by atoms with Gasteiger partial charge in [0.1, 0.15) is 11.4 Å². The van der Waals surface area contributed by atoms with E-state index >= 15 is 0 Å². The Balaban J connectivity index is 1.57. The average Bonchev–Trinajstić information content (AvgIpc) is 2.83. The zero-order chi connectivity index (χ0) is 15.8. The van der Waals surface area contributed by atoms with E-state index in [4.69, 9.17) is 4.74 Å². The van der Waals surface area contributed by atoms with E-state index in [1.165, 1.54) is 0 Å². The van der Waals surface area contributed by atoms with E-state index in [2.05, 4.69) is 14.9 Å². The molecule has 2 saturated heterocycles. The van der Waals surface area contributed by atoms with Crippen LogP contribution in [0.3, 0.4) is 0 Å². The summed E-state index contributed by atoms with van der Waals surface area (Å²) in [5.74, 6) is 0.0382. The summed E-state index contributed by atoms with van der Waals surface area (Å²) in [7, 11) is 0. The summed E-state index contributed by atoms with van der Waals surface area (Å²) in [6, 6.07) is 0. The van der Waals surface area contributed by atoms with Gasteiger partial charge in [-0.3, -0.25) is 4.79 Å². The quantitative estimate of drug-likeness (QED) is 0.871. The number of nitrogens with zero attached hydrogens (tertiary/aromatic N) is 3. The van der Waals surface area contributed by atoms with Crippen molar-refractivity contribution in [3.05, 3.63) is 11.4 Å². The van der Waals surface area contributed by atoms with Crippen molar-refractivity contribution in [1.82, 2.24) is 15.2 Å². The summed E-state index contributed by atoms with van der Waals surface area (Å²) in [6.45, 7) is 5.54. The molecule has 0 saturated carbocycles. The lowest BCUT2D eigenvalue weighted by molar-refractivity contribution is -0.175. The predicted molar refractivity (Wildman–Crippen MR) is 77.1 cm³/mol. The number of carbonyl (C=O) groups excluding carboxylic acids is 1. The maximum Gasteiger partial charge on any atom is 0.228 e. The molecule has 2 aliphatic rings. The third kappa shape index (κ3) is 3.15. The Kier molecular flexibility index (Phi) is 3.94. The molecule has 0 radical (unpaired) electrons. The van der Waals surface area contributed by atoms with Gasteiger partial charge in [0.05, 0.1) is 24.2 Å². The molecular formula is C15H23N3O4. The molecule has 1 aromatic heterocycles. The number of aliphatic hydroxyl groups is 1. The van der Waals surface area contributed by atoms with Crippen LogP contribution in [0.2, 0.25) is 0 Å². The van der Waals surface area contributed by atoms with Gasteiger partial charge < -0.3 is 14.7 Å². The van der Waals surface area contributed by atoms with Crippen molar-refractivity contribution in [2.24, 2.45) is 0 Å². The highest BCUT2D eigenvalue weighted by Gasteiger charge is 2.44. The molecule has 7 heteroatoms. The molecule has 1 unspecified atom stereocenters. The molecule has 1 spiro atoms. The van der Waals surface area contributed by atoms with Crippen LogP contribution in [-0.4, -0.2) is 57.1 Å². The smallest absolute Gasteiger partial charge is 0.228 e. The fourth-order valence-corrected chi connectivity index (χ4v) is 3.47. The number of piperidine rings is 1. The molecule has 3 rings (SSSR count). The second-order valence-electron chi connectivity index (χ2n) is 6.81. The number of aromatic nitrogens is 2. The van der Waals surface area contributed by atoms with Crippen LogP contribution in [0.15, 0.2) is 4.63 Å². The second kappa shape index (κ2) is 5.62. The third-order valence-corrected chi connectivity index (χ3v) is 4.84.